The predicted molar refractivity (Wildman–Crippen MR) is 108 cm³/mol. The number of aliphatic imine (C=N–C) groups is 1. The number of unbranched alkanes of at least 4 members (excludes halogenated alkanes) is 3. The fraction of sp³-hybridized carbons (Fsp3) is 0.600. The number of guanidine groups is 1. The summed E-state index contributed by atoms with van der Waals surface area (Å²) < 4.78 is 15.2. The Morgan fingerprint density at radius 2 is 1.67 bits per heavy atom. The number of nitrogens with one attached hydrogen (secondary N) is 2. The van der Waals surface area contributed by atoms with Crippen LogP contribution in [-0.4, -0.2) is 53.4 Å². The topological polar surface area (TPSA) is 81.2 Å². The van der Waals surface area contributed by atoms with Crippen LogP contribution in [0.1, 0.15) is 37.7 Å². The molecule has 0 unspecified atom stereocenters. The molecule has 2 N–H and O–H groups in total. The average molecular weight is 380 g/mol. The van der Waals surface area contributed by atoms with E-state index in [0.717, 1.165) is 62.7 Å². The molecule has 0 radical (unpaired) electrons. The number of carbonyl (C=O) groups is 1. The molecule has 0 saturated heterocycles. The van der Waals surface area contributed by atoms with Crippen LogP contribution in [0.15, 0.2) is 23.2 Å². The van der Waals surface area contributed by atoms with Crippen molar-refractivity contribution in [1.82, 2.24) is 10.6 Å². The lowest BCUT2D eigenvalue weighted by Crippen LogP contribution is -2.38. The lowest BCUT2D eigenvalue weighted by atomic mass is 10.1. The molecule has 27 heavy (non-hydrogen) atoms. The van der Waals surface area contributed by atoms with Gasteiger partial charge < -0.3 is 24.8 Å². The molecule has 0 atom stereocenters. The van der Waals surface area contributed by atoms with Gasteiger partial charge in [0.1, 0.15) is 0 Å². The van der Waals surface area contributed by atoms with E-state index in [1.165, 1.54) is 12.7 Å². The van der Waals surface area contributed by atoms with Gasteiger partial charge in [0.05, 0.1) is 21.3 Å². The Bertz CT molecular complexity index is 591. The van der Waals surface area contributed by atoms with Crippen LogP contribution in [0.2, 0.25) is 0 Å². The van der Waals surface area contributed by atoms with Gasteiger partial charge in [-0.15, -0.1) is 0 Å². The van der Waals surface area contributed by atoms with E-state index in [1.54, 1.807) is 21.3 Å². The van der Waals surface area contributed by atoms with Crippen LogP contribution in [0.5, 0.6) is 11.5 Å². The maximum absolute atomic E-state index is 11.0. The average Bonchev–Trinajstić information content (AvgIpc) is 2.71. The highest BCUT2D eigenvalue weighted by Gasteiger charge is 2.05. The third kappa shape index (κ3) is 9.17. The molecule has 0 aliphatic rings. The van der Waals surface area contributed by atoms with Crippen molar-refractivity contribution in [2.24, 2.45) is 4.99 Å². The van der Waals surface area contributed by atoms with E-state index in [4.69, 9.17) is 9.47 Å². The van der Waals surface area contributed by atoms with Crippen LogP contribution in [0, 0.1) is 0 Å². The number of ether oxygens (including phenoxy) is 3. The van der Waals surface area contributed by atoms with Crippen molar-refractivity contribution < 1.29 is 19.0 Å². The second-order valence-electron chi connectivity index (χ2n) is 6.11. The first-order chi connectivity index (χ1) is 13.1. The molecule has 0 aliphatic heterocycles. The van der Waals surface area contributed by atoms with Crippen molar-refractivity contribution in [1.29, 1.82) is 0 Å². The largest absolute Gasteiger partial charge is 0.493 e. The third-order valence-electron chi connectivity index (χ3n) is 4.21. The van der Waals surface area contributed by atoms with Gasteiger partial charge in [0.15, 0.2) is 17.5 Å². The second kappa shape index (κ2) is 13.7. The normalized spacial score (nSPS) is 11.0. The Morgan fingerprint density at radius 1 is 0.963 bits per heavy atom. The molecule has 0 aliphatic carbocycles. The number of benzene rings is 1. The van der Waals surface area contributed by atoms with Crippen LogP contribution in [0.3, 0.4) is 0 Å². The van der Waals surface area contributed by atoms with Gasteiger partial charge in [-0.2, -0.15) is 0 Å². The van der Waals surface area contributed by atoms with Crippen molar-refractivity contribution in [2.45, 2.75) is 38.5 Å². The fourth-order valence-corrected chi connectivity index (χ4v) is 2.64. The summed E-state index contributed by atoms with van der Waals surface area (Å²) in [5.74, 6) is 2.14. The first-order valence-electron chi connectivity index (χ1n) is 9.36. The Balaban J connectivity index is 2.20. The van der Waals surface area contributed by atoms with Crippen LogP contribution in [0.25, 0.3) is 0 Å². The van der Waals surface area contributed by atoms with E-state index >= 15 is 0 Å². The van der Waals surface area contributed by atoms with E-state index in [9.17, 15) is 4.79 Å². The molecule has 0 amide bonds. The molecule has 0 spiro atoms. The maximum Gasteiger partial charge on any atom is 0.305 e. The lowest BCUT2D eigenvalue weighted by Gasteiger charge is -2.13. The van der Waals surface area contributed by atoms with Crippen molar-refractivity contribution in [3.63, 3.8) is 0 Å². The molecule has 0 fully saturated rings. The Morgan fingerprint density at radius 3 is 2.33 bits per heavy atom. The zero-order valence-corrected chi connectivity index (χ0v) is 17.0. The van der Waals surface area contributed by atoms with Crippen molar-refractivity contribution >= 4 is 11.9 Å². The summed E-state index contributed by atoms with van der Waals surface area (Å²) in [5.41, 5.74) is 1.17. The van der Waals surface area contributed by atoms with Gasteiger partial charge in [-0.25, -0.2) is 0 Å². The second-order valence-corrected chi connectivity index (χ2v) is 6.11. The summed E-state index contributed by atoms with van der Waals surface area (Å²) in [5, 5.41) is 6.62. The van der Waals surface area contributed by atoms with Crippen molar-refractivity contribution in [3.8, 4) is 11.5 Å². The first kappa shape index (κ1) is 22.6. The molecule has 0 bridgehead atoms. The van der Waals surface area contributed by atoms with Gasteiger partial charge in [-0.05, 0) is 37.0 Å². The molecule has 0 saturated carbocycles. The van der Waals surface area contributed by atoms with Crippen LogP contribution < -0.4 is 20.1 Å². The van der Waals surface area contributed by atoms with Gasteiger partial charge in [0.2, 0.25) is 0 Å². The summed E-state index contributed by atoms with van der Waals surface area (Å²) >= 11 is 0. The summed E-state index contributed by atoms with van der Waals surface area (Å²) in [7, 11) is 6.47. The minimum Gasteiger partial charge on any atom is -0.493 e. The molecule has 0 aromatic heterocycles. The minimum atomic E-state index is -0.132. The Kier molecular flexibility index (Phi) is 11.5. The number of rotatable bonds is 12. The van der Waals surface area contributed by atoms with Gasteiger partial charge >= 0.3 is 5.97 Å². The maximum atomic E-state index is 11.0. The summed E-state index contributed by atoms with van der Waals surface area (Å²) in [6.07, 6.45) is 5.38. The highest BCUT2D eigenvalue weighted by atomic mass is 16.5. The van der Waals surface area contributed by atoms with Crippen molar-refractivity contribution in [3.05, 3.63) is 23.8 Å². The SMILES string of the molecule is CN=C(NCCCCCCC(=O)OC)NCCc1ccc(OC)c(OC)c1. The number of nitrogens with zero attached hydrogens (tertiary/aromatic N) is 1. The van der Waals surface area contributed by atoms with Crippen LogP contribution in [-0.2, 0) is 16.0 Å². The molecule has 1 rings (SSSR count). The number of hydrogen-bond donors (Lipinski definition) is 2. The monoisotopic (exact) mass is 379 g/mol. The molecule has 1 aromatic carbocycles. The molecular formula is C20H33N3O4. The molecule has 1 aromatic rings. The molecule has 0 heterocycles. The quantitative estimate of drug-likeness (QED) is 0.251. The van der Waals surface area contributed by atoms with Crippen LogP contribution in [0.4, 0.5) is 0 Å². The minimum absolute atomic E-state index is 0.132. The van der Waals surface area contributed by atoms with Gasteiger partial charge in [-0.1, -0.05) is 18.9 Å². The number of hydrogen-bond acceptors (Lipinski definition) is 5. The van der Waals surface area contributed by atoms with E-state index in [1.807, 2.05) is 18.2 Å². The number of methoxy groups -OCH3 is 3. The number of carbonyl (C=O) groups excluding carboxylic acids is 1. The summed E-state index contributed by atoms with van der Waals surface area (Å²) in [4.78, 5) is 15.3. The highest BCUT2D eigenvalue weighted by molar-refractivity contribution is 5.79. The predicted octanol–water partition coefficient (Wildman–Crippen LogP) is 2.53. The molecular weight excluding hydrogens is 346 g/mol. The fourth-order valence-electron chi connectivity index (χ4n) is 2.64. The van der Waals surface area contributed by atoms with Crippen molar-refractivity contribution in [2.75, 3.05) is 41.5 Å². The van der Waals surface area contributed by atoms with E-state index in [0.29, 0.717) is 6.42 Å². The van der Waals surface area contributed by atoms with E-state index in [-0.39, 0.29) is 5.97 Å². The zero-order valence-electron chi connectivity index (χ0n) is 17.0. The zero-order chi connectivity index (χ0) is 19.9. The van der Waals surface area contributed by atoms with Gasteiger partial charge in [0, 0.05) is 26.6 Å². The molecule has 7 nitrogen and oxygen atoms in total. The number of esters is 1. The highest BCUT2D eigenvalue weighted by Crippen LogP contribution is 2.27. The summed E-state index contributed by atoms with van der Waals surface area (Å²) in [6.45, 7) is 1.63. The third-order valence-corrected chi connectivity index (χ3v) is 4.21. The first-order valence-corrected chi connectivity index (χ1v) is 9.36. The molecule has 7 heteroatoms. The van der Waals surface area contributed by atoms with Gasteiger partial charge in [-0.3, -0.25) is 9.79 Å². The smallest absolute Gasteiger partial charge is 0.305 e. The standard InChI is InChI=1S/C20H33N3O4/c1-21-20(22-13-8-6-5-7-9-19(24)27-4)23-14-12-16-10-11-17(25-2)18(15-16)26-3/h10-11,15H,5-9,12-14H2,1-4H3,(H2,21,22,23). The van der Waals surface area contributed by atoms with E-state index < -0.39 is 0 Å². The van der Waals surface area contributed by atoms with E-state index in [2.05, 4.69) is 20.4 Å². The Labute approximate surface area is 162 Å². The van der Waals surface area contributed by atoms with Gasteiger partial charge in [0.25, 0.3) is 0 Å². The van der Waals surface area contributed by atoms with Crippen LogP contribution >= 0.6 is 0 Å². The summed E-state index contributed by atoms with van der Waals surface area (Å²) in [6, 6.07) is 5.94. The molecule has 152 valence electrons. The lowest BCUT2D eigenvalue weighted by molar-refractivity contribution is -0.140. The Hall–Kier alpha value is -2.44.